The minimum atomic E-state index is -1.16. The summed E-state index contributed by atoms with van der Waals surface area (Å²) in [6.07, 6.45) is 1.95. The number of fused-ring (bicyclic) bond motifs is 1. The second-order valence-corrected chi connectivity index (χ2v) is 4.98. The van der Waals surface area contributed by atoms with E-state index in [-0.39, 0.29) is 11.3 Å². The molecule has 2 heterocycles. The third-order valence-electron chi connectivity index (χ3n) is 3.47. The summed E-state index contributed by atoms with van der Waals surface area (Å²) in [5, 5.41) is 18.8. The summed E-state index contributed by atoms with van der Waals surface area (Å²) >= 11 is 0. The zero-order valence-corrected chi connectivity index (χ0v) is 11.4. The van der Waals surface area contributed by atoms with Crippen LogP contribution in [0.15, 0.2) is 42.6 Å². The number of carbonyl (C=O) groups is 1. The Morgan fingerprint density at radius 1 is 1.19 bits per heavy atom. The van der Waals surface area contributed by atoms with Crippen LogP contribution >= 0.6 is 0 Å². The van der Waals surface area contributed by atoms with Gasteiger partial charge in [-0.15, -0.1) is 0 Å². The number of aryl methyl sites for hydroxylation is 1. The molecule has 5 nitrogen and oxygen atoms in total. The molecule has 0 bridgehead atoms. The van der Waals surface area contributed by atoms with E-state index in [1.54, 1.807) is 6.07 Å². The van der Waals surface area contributed by atoms with E-state index in [0.29, 0.717) is 11.3 Å². The molecule has 0 aliphatic carbocycles. The SMILES string of the molecule is Cc1ccc2c(N)cc(-c3ccc(C(=O)O)c(O)c3)n2c1. The molecule has 0 atom stereocenters. The predicted molar refractivity (Wildman–Crippen MR) is 80.6 cm³/mol. The molecule has 4 N–H and O–H groups in total. The molecule has 106 valence electrons. The van der Waals surface area contributed by atoms with E-state index < -0.39 is 5.97 Å². The van der Waals surface area contributed by atoms with Gasteiger partial charge in [0.05, 0.1) is 16.9 Å². The number of aromatic hydroxyl groups is 1. The van der Waals surface area contributed by atoms with Crippen LogP contribution in [0, 0.1) is 6.92 Å². The van der Waals surface area contributed by atoms with Crippen molar-refractivity contribution >= 4 is 17.2 Å². The lowest BCUT2D eigenvalue weighted by atomic mass is 10.1. The highest BCUT2D eigenvalue weighted by Crippen LogP contribution is 2.31. The standard InChI is InChI=1S/C16H14N2O3/c1-9-2-5-13-12(17)7-14(18(13)8-9)10-3-4-11(16(20)21)15(19)6-10/h2-8,19H,17H2,1H3,(H,20,21). The minimum absolute atomic E-state index is 0.122. The predicted octanol–water partition coefficient (Wildman–Crippen LogP) is 2.90. The van der Waals surface area contributed by atoms with Gasteiger partial charge >= 0.3 is 5.97 Å². The van der Waals surface area contributed by atoms with Crippen molar-refractivity contribution in [2.45, 2.75) is 6.92 Å². The smallest absolute Gasteiger partial charge is 0.339 e. The summed E-state index contributed by atoms with van der Waals surface area (Å²) in [6, 6.07) is 10.2. The van der Waals surface area contributed by atoms with Crippen molar-refractivity contribution in [1.82, 2.24) is 4.40 Å². The Morgan fingerprint density at radius 2 is 1.95 bits per heavy atom. The Kier molecular flexibility index (Phi) is 2.83. The van der Waals surface area contributed by atoms with Gasteiger partial charge in [-0.1, -0.05) is 12.1 Å². The van der Waals surface area contributed by atoms with Crippen molar-refractivity contribution in [2.24, 2.45) is 0 Å². The van der Waals surface area contributed by atoms with Crippen LogP contribution in [0.5, 0.6) is 5.75 Å². The van der Waals surface area contributed by atoms with Crippen LogP contribution in [0.2, 0.25) is 0 Å². The van der Waals surface area contributed by atoms with Gasteiger partial charge in [0.15, 0.2) is 0 Å². The molecule has 21 heavy (non-hydrogen) atoms. The fourth-order valence-electron chi connectivity index (χ4n) is 2.43. The van der Waals surface area contributed by atoms with E-state index in [4.69, 9.17) is 10.8 Å². The Labute approximate surface area is 120 Å². The van der Waals surface area contributed by atoms with Crippen LogP contribution in [0.4, 0.5) is 5.69 Å². The fourth-order valence-corrected chi connectivity index (χ4v) is 2.43. The summed E-state index contributed by atoms with van der Waals surface area (Å²) in [4.78, 5) is 10.9. The average molecular weight is 282 g/mol. The number of anilines is 1. The number of nitrogen functional groups attached to an aromatic ring is 1. The van der Waals surface area contributed by atoms with Gasteiger partial charge in [-0.05, 0) is 36.8 Å². The number of benzene rings is 1. The highest BCUT2D eigenvalue weighted by Gasteiger charge is 2.13. The summed E-state index contributed by atoms with van der Waals surface area (Å²) in [5.41, 5.74) is 9.97. The molecule has 0 amide bonds. The van der Waals surface area contributed by atoms with Gasteiger partial charge in [-0.2, -0.15) is 0 Å². The van der Waals surface area contributed by atoms with Crippen molar-refractivity contribution in [1.29, 1.82) is 0 Å². The summed E-state index contributed by atoms with van der Waals surface area (Å²) < 4.78 is 1.93. The molecule has 0 spiro atoms. The third kappa shape index (κ3) is 2.08. The Balaban J connectivity index is 2.23. The van der Waals surface area contributed by atoms with E-state index in [1.807, 2.05) is 35.7 Å². The highest BCUT2D eigenvalue weighted by atomic mass is 16.4. The average Bonchev–Trinajstić information content (AvgIpc) is 2.75. The number of nitrogens with two attached hydrogens (primary N) is 1. The molecule has 0 saturated carbocycles. The third-order valence-corrected chi connectivity index (χ3v) is 3.47. The number of pyridine rings is 1. The van der Waals surface area contributed by atoms with E-state index >= 15 is 0 Å². The lowest BCUT2D eigenvalue weighted by Gasteiger charge is -2.06. The second-order valence-electron chi connectivity index (χ2n) is 4.98. The lowest BCUT2D eigenvalue weighted by molar-refractivity contribution is 0.0694. The van der Waals surface area contributed by atoms with Gasteiger partial charge in [0, 0.05) is 11.8 Å². The second kappa shape index (κ2) is 4.56. The normalized spacial score (nSPS) is 10.9. The van der Waals surface area contributed by atoms with Crippen molar-refractivity contribution in [2.75, 3.05) is 5.73 Å². The molecule has 3 aromatic rings. The maximum Gasteiger partial charge on any atom is 0.339 e. The number of hydrogen-bond donors (Lipinski definition) is 3. The number of aromatic nitrogens is 1. The highest BCUT2D eigenvalue weighted by molar-refractivity contribution is 5.92. The van der Waals surface area contributed by atoms with Crippen LogP contribution in [-0.2, 0) is 0 Å². The maximum absolute atomic E-state index is 10.9. The molecule has 0 aliphatic rings. The topological polar surface area (TPSA) is 88.0 Å². The van der Waals surface area contributed by atoms with Crippen molar-refractivity contribution < 1.29 is 15.0 Å². The molecule has 0 aliphatic heterocycles. The van der Waals surface area contributed by atoms with E-state index in [9.17, 15) is 9.90 Å². The Hall–Kier alpha value is -2.95. The van der Waals surface area contributed by atoms with Crippen LogP contribution < -0.4 is 5.73 Å². The summed E-state index contributed by atoms with van der Waals surface area (Å²) in [5.74, 6) is -1.42. The molecule has 0 fully saturated rings. The monoisotopic (exact) mass is 282 g/mol. The minimum Gasteiger partial charge on any atom is -0.507 e. The quantitative estimate of drug-likeness (QED) is 0.674. The number of aromatic carboxylic acids is 1. The molecule has 0 saturated heterocycles. The van der Waals surface area contributed by atoms with Gasteiger partial charge in [0.2, 0.25) is 0 Å². The number of carboxylic acid groups (broad SMARTS) is 1. The molecule has 2 aromatic heterocycles. The van der Waals surface area contributed by atoms with Crippen molar-refractivity contribution in [3.05, 3.63) is 53.7 Å². The largest absolute Gasteiger partial charge is 0.507 e. The molecular formula is C16H14N2O3. The molecule has 0 radical (unpaired) electrons. The number of carboxylic acids is 1. The van der Waals surface area contributed by atoms with Gasteiger partial charge in [0.25, 0.3) is 0 Å². The van der Waals surface area contributed by atoms with E-state index in [0.717, 1.165) is 16.8 Å². The first-order valence-corrected chi connectivity index (χ1v) is 6.41. The first-order chi connectivity index (χ1) is 9.97. The molecule has 5 heteroatoms. The lowest BCUT2D eigenvalue weighted by Crippen LogP contribution is -1.97. The zero-order valence-electron chi connectivity index (χ0n) is 11.4. The molecular weight excluding hydrogens is 268 g/mol. The molecule has 0 unspecified atom stereocenters. The fraction of sp³-hybridized carbons (Fsp3) is 0.0625. The van der Waals surface area contributed by atoms with Gasteiger partial charge < -0.3 is 20.3 Å². The number of nitrogens with zero attached hydrogens (tertiary/aromatic N) is 1. The number of hydrogen-bond acceptors (Lipinski definition) is 3. The summed E-state index contributed by atoms with van der Waals surface area (Å²) in [7, 11) is 0. The van der Waals surface area contributed by atoms with Crippen LogP contribution in [0.25, 0.3) is 16.8 Å². The van der Waals surface area contributed by atoms with Crippen LogP contribution in [0.3, 0.4) is 0 Å². The maximum atomic E-state index is 10.9. The van der Waals surface area contributed by atoms with Crippen molar-refractivity contribution in [3.8, 4) is 17.0 Å². The summed E-state index contributed by atoms with van der Waals surface area (Å²) in [6.45, 7) is 1.98. The zero-order chi connectivity index (χ0) is 15.1. The van der Waals surface area contributed by atoms with Crippen LogP contribution in [-0.4, -0.2) is 20.6 Å². The number of rotatable bonds is 2. The van der Waals surface area contributed by atoms with Gasteiger partial charge in [-0.3, -0.25) is 0 Å². The van der Waals surface area contributed by atoms with Gasteiger partial charge in [-0.25, -0.2) is 4.79 Å². The first kappa shape index (κ1) is 13.1. The molecule has 3 rings (SSSR count). The number of phenols is 1. The Morgan fingerprint density at radius 3 is 2.62 bits per heavy atom. The van der Waals surface area contributed by atoms with E-state index in [1.165, 1.54) is 12.1 Å². The van der Waals surface area contributed by atoms with Crippen LogP contribution in [0.1, 0.15) is 15.9 Å². The first-order valence-electron chi connectivity index (χ1n) is 6.41. The van der Waals surface area contributed by atoms with Crippen molar-refractivity contribution in [3.63, 3.8) is 0 Å². The van der Waals surface area contributed by atoms with Gasteiger partial charge in [0.1, 0.15) is 11.3 Å². The van der Waals surface area contributed by atoms with E-state index in [2.05, 4.69) is 0 Å². The Bertz CT molecular complexity index is 865. The molecule has 1 aromatic carbocycles.